The van der Waals surface area contributed by atoms with Gasteiger partial charge in [0.05, 0.1) is 0 Å². The molecule has 0 amide bonds. The Morgan fingerprint density at radius 2 is 2.18 bits per heavy atom. The van der Waals surface area contributed by atoms with E-state index in [-0.39, 0.29) is 0 Å². The van der Waals surface area contributed by atoms with Crippen molar-refractivity contribution < 1.29 is 0 Å². The van der Waals surface area contributed by atoms with E-state index in [1.165, 1.54) is 21.7 Å². The predicted molar refractivity (Wildman–Crippen MR) is 76.4 cm³/mol. The second kappa shape index (κ2) is 6.31. The van der Waals surface area contributed by atoms with Crippen molar-refractivity contribution in [2.75, 3.05) is 0 Å². The highest BCUT2D eigenvalue weighted by molar-refractivity contribution is 7.10. The van der Waals surface area contributed by atoms with Gasteiger partial charge >= 0.3 is 0 Å². The van der Waals surface area contributed by atoms with Gasteiger partial charge in [0, 0.05) is 15.8 Å². The minimum absolute atomic E-state index is 0.293. The van der Waals surface area contributed by atoms with Crippen LogP contribution < -0.4 is 11.3 Å². The van der Waals surface area contributed by atoms with Crippen LogP contribution in [0.1, 0.15) is 34.2 Å². The van der Waals surface area contributed by atoms with E-state index in [1.807, 2.05) is 11.3 Å². The number of hydrazine groups is 1. The predicted octanol–water partition coefficient (Wildman–Crippen LogP) is 3.65. The molecule has 2 aromatic rings. The Kier molecular flexibility index (Phi) is 4.74. The molecule has 0 aliphatic carbocycles. The maximum Gasteiger partial charge on any atom is 0.0471 e. The molecular formula is C13H18N2S2. The molecule has 0 saturated carbocycles. The molecule has 0 aliphatic heterocycles. The van der Waals surface area contributed by atoms with Crippen molar-refractivity contribution in [2.24, 2.45) is 5.84 Å². The van der Waals surface area contributed by atoms with Crippen molar-refractivity contribution in [1.29, 1.82) is 0 Å². The highest BCUT2D eigenvalue weighted by Crippen LogP contribution is 2.26. The number of hydrogen-bond donors (Lipinski definition) is 2. The second-order valence-corrected chi connectivity index (χ2v) is 6.28. The summed E-state index contributed by atoms with van der Waals surface area (Å²) in [5, 5.41) is 4.27. The lowest BCUT2D eigenvalue weighted by Crippen LogP contribution is -2.28. The lowest BCUT2D eigenvalue weighted by Gasteiger charge is -2.15. The molecule has 3 N–H and O–H groups in total. The quantitative estimate of drug-likeness (QED) is 0.619. The molecule has 2 aromatic heterocycles. The van der Waals surface area contributed by atoms with E-state index < -0.39 is 0 Å². The van der Waals surface area contributed by atoms with Gasteiger partial charge < -0.3 is 0 Å². The van der Waals surface area contributed by atoms with Crippen molar-refractivity contribution in [1.82, 2.24) is 5.43 Å². The number of rotatable bonds is 6. The first-order chi connectivity index (χ1) is 8.31. The molecule has 0 saturated heterocycles. The van der Waals surface area contributed by atoms with Crippen LogP contribution in [0.25, 0.3) is 0 Å². The smallest absolute Gasteiger partial charge is 0.0471 e. The fourth-order valence-corrected chi connectivity index (χ4v) is 3.54. The third-order valence-electron chi connectivity index (χ3n) is 2.97. The van der Waals surface area contributed by atoms with Crippen molar-refractivity contribution in [3.05, 3.63) is 44.3 Å². The molecule has 92 valence electrons. The van der Waals surface area contributed by atoms with Crippen LogP contribution in [0.5, 0.6) is 0 Å². The van der Waals surface area contributed by atoms with E-state index >= 15 is 0 Å². The minimum atomic E-state index is 0.293. The normalized spacial score (nSPS) is 12.8. The van der Waals surface area contributed by atoms with Crippen LogP contribution in [0.3, 0.4) is 0 Å². The van der Waals surface area contributed by atoms with E-state index in [2.05, 4.69) is 41.3 Å². The topological polar surface area (TPSA) is 38.0 Å². The van der Waals surface area contributed by atoms with Gasteiger partial charge in [0.2, 0.25) is 0 Å². The number of hydrogen-bond acceptors (Lipinski definition) is 4. The Bertz CT molecular complexity index is 434. The van der Waals surface area contributed by atoms with Crippen molar-refractivity contribution in [3.63, 3.8) is 0 Å². The van der Waals surface area contributed by atoms with Crippen LogP contribution in [-0.2, 0) is 6.42 Å². The summed E-state index contributed by atoms with van der Waals surface area (Å²) in [6, 6.07) is 6.78. The summed E-state index contributed by atoms with van der Waals surface area (Å²) >= 11 is 3.62. The molecule has 1 atom stereocenters. The first-order valence-electron chi connectivity index (χ1n) is 5.83. The molecule has 0 bridgehead atoms. The maximum atomic E-state index is 5.65. The van der Waals surface area contributed by atoms with Gasteiger partial charge in [0.25, 0.3) is 0 Å². The average molecular weight is 266 g/mol. The maximum absolute atomic E-state index is 5.65. The fraction of sp³-hybridized carbons (Fsp3) is 0.385. The fourth-order valence-electron chi connectivity index (χ4n) is 2.02. The van der Waals surface area contributed by atoms with Crippen molar-refractivity contribution in [3.8, 4) is 0 Å². The second-order valence-electron chi connectivity index (χ2n) is 4.12. The summed E-state index contributed by atoms with van der Waals surface area (Å²) in [5.74, 6) is 5.65. The molecule has 0 radical (unpaired) electrons. The van der Waals surface area contributed by atoms with Crippen LogP contribution in [0.4, 0.5) is 0 Å². The molecular weight excluding hydrogens is 248 g/mol. The number of nitrogens with two attached hydrogens (primary N) is 1. The minimum Gasteiger partial charge on any atom is -0.271 e. The van der Waals surface area contributed by atoms with Gasteiger partial charge in [0.15, 0.2) is 0 Å². The van der Waals surface area contributed by atoms with Crippen LogP contribution in [0.2, 0.25) is 0 Å². The van der Waals surface area contributed by atoms with E-state index in [1.54, 1.807) is 11.3 Å². The van der Waals surface area contributed by atoms with Gasteiger partial charge in [-0.05, 0) is 54.6 Å². The molecule has 1 unspecified atom stereocenters. The lowest BCUT2D eigenvalue weighted by atomic mass is 10.0. The van der Waals surface area contributed by atoms with Gasteiger partial charge in [-0.2, -0.15) is 0 Å². The molecule has 2 rings (SSSR count). The summed E-state index contributed by atoms with van der Waals surface area (Å²) in [6.07, 6.45) is 3.41. The zero-order valence-corrected chi connectivity index (χ0v) is 11.6. The van der Waals surface area contributed by atoms with Gasteiger partial charge in [-0.15, -0.1) is 22.7 Å². The summed E-state index contributed by atoms with van der Waals surface area (Å²) in [5.41, 5.74) is 4.29. The first-order valence-corrected chi connectivity index (χ1v) is 7.59. The molecule has 17 heavy (non-hydrogen) atoms. The highest BCUT2D eigenvalue weighted by Gasteiger charge is 2.12. The van der Waals surface area contributed by atoms with E-state index in [0.717, 1.165) is 12.8 Å². The van der Waals surface area contributed by atoms with Crippen LogP contribution in [0.15, 0.2) is 29.0 Å². The Labute approximate surface area is 110 Å². The van der Waals surface area contributed by atoms with E-state index in [4.69, 9.17) is 5.84 Å². The van der Waals surface area contributed by atoms with Crippen LogP contribution >= 0.6 is 22.7 Å². The van der Waals surface area contributed by atoms with Crippen molar-refractivity contribution >= 4 is 22.7 Å². The van der Waals surface area contributed by atoms with Crippen LogP contribution in [0, 0.1) is 6.92 Å². The van der Waals surface area contributed by atoms with E-state index in [0.29, 0.717) is 6.04 Å². The molecule has 4 heteroatoms. The third-order valence-corrected chi connectivity index (χ3v) is 4.77. The van der Waals surface area contributed by atoms with Crippen LogP contribution in [-0.4, -0.2) is 0 Å². The molecule has 0 fully saturated rings. The van der Waals surface area contributed by atoms with Crippen molar-refractivity contribution in [2.45, 2.75) is 32.2 Å². The molecule has 2 nitrogen and oxygen atoms in total. The van der Waals surface area contributed by atoms with Gasteiger partial charge in [-0.3, -0.25) is 11.3 Å². The van der Waals surface area contributed by atoms with E-state index in [9.17, 15) is 0 Å². The lowest BCUT2D eigenvalue weighted by molar-refractivity contribution is 0.499. The standard InChI is InChI=1S/C13H18N2S2/c1-10-12(7-9-16-10)13(15-14)6-2-4-11-5-3-8-17-11/h3,5,7-9,13,15H,2,4,6,14H2,1H3. The largest absolute Gasteiger partial charge is 0.271 e. The Morgan fingerprint density at radius 1 is 1.29 bits per heavy atom. The SMILES string of the molecule is Cc1sccc1C(CCCc1cccs1)NN. The number of nitrogens with one attached hydrogen (secondary N) is 1. The summed E-state index contributed by atoms with van der Waals surface area (Å²) in [6.45, 7) is 2.16. The highest BCUT2D eigenvalue weighted by atomic mass is 32.1. The molecule has 0 spiro atoms. The Morgan fingerprint density at radius 3 is 2.76 bits per heavy atom. The molecule has 2 heterocycles. The zero-order chi connectivity index (χ0) is 12.1. The number of thiophene rings is 2. The Balaban J connectivity index is 1.86. The summed E-state index contributed by atoms with van der Waals surface area (Å²) in [4.78, 5) is 2.83. The zero-order valence-electron chi connectivity index (χ0n) is 9.98. The third kappa shape index (κ3) is 3.39. The molecule has 0 aliphatic rings. The average Bonchev–Trinajstić information content (AvgIpc) is 2.96. The van der Waals surface area contributed by atoms with Gasteiger partial charge in [-0.1, -0.05) is 6.07 Å². The monoisotopic (exact) mass is 266 g/mol. The molecule has 0 aromatic carbocycles. The van der Waals surface area contributed by atoms with Gasteiger partial charge in [-0.25, -0.2) is 0 Å². The summed E-state index contributed by atoms with van der Waals surface area (Å²) < 4.78 is 0. The number of aryl methyl sites for hydroxylation is 2. The Hall–Kier alpha value is -0.680. The summed E-state index contributed by atoms with van der Waals surface area (Å²) in [7, 11) is 0. The first kappa shape index (κ1) is 12.8. The van der Waals surface area contributed by atoms with Gasteiger partial charge in [0.1, 0.15) is 0 Å².